The van der Waals surface area contributed by atoms with Crippen molar-refractivity contribution in [3.05, 3.63) is 35.0 Å². The second-order valence-corrected chi connectivity index (χ2v) is 14.4. The first-order valence-corrected chi connectivity index (χ1v) is 16.6. The van der Waals surface area contributed by atoms with Crippen LogP contribution in [0.25, 0.3) is 5.65 Å². The number of fused-ring (bicyclic) bond motifs is 1. The normalized spacial score (nSPS) is 22.9. The molecular formula is C29H34N10O2S. The lowest BCUT2D eigenvalue weighted by Gasteiger charge is -2.46. The summed E-state index contributed by atoms with van der Waals surface area (Å²) in [5, 5.41) is 30.8. The van der Waals surface area contributed by atoms with Crippen LogP contribution in [0.1, 0.15) is 68.1 Å². The molecule has 0 bridgehead atoms. The van der Waals surface area contributed by atoms with Crippen molar-refractivity contribution in [1.29, 1.82) is 10.5 Å². The zero-order chi connectivity index (χ0) is 29.0. The van der Waals surface area contributed by atoms with Gasteiger partial charge in [0.1, 0.15) is 21.5 Å². The molecule has 42 heavy (non-hydrogen) atoms. The van der Waals surface area contributed by atoms with Gasteiger partial charge in [0.05, 0.1) is 29.3 Å². The molecule has 0 amide bonds. The lowest BCUT2D eigenvalue weighted by atomic mass is 9.98. The van der Waals surface area contributed by atoms with E-state index in [2.05, 4.69) is 49.6 Å². The number of piperazine rings is 1. The Hall–Kier alpha value is -3.94. The molecule has 12 nitrogen and oxygen atoms in total. The number of hydrogen-bond donors (Lipinski definition) is 2. The highest BCUT2D eigenvalue weighted by atomic mass is 32.2. The predicted octanol–water partition coefficient (Wildman–Crippen LogP) is 3.15. The first kappa shape index (κ1) is 26.9. The zero-order valence-electron chi connectivity index (χ0n) is 23.6. The van der Waals surface area contributed by atoms with E-state index in [4.69, 9.17) is 4.98 Å². The van der Waals surface area contributed by atoms with E-state index in [1.165, 1.54) is 11.8 Å². The minimum atomic E-state index is -2.90. The lowest BCUT2D eigenvalue weighted by molar-refractivity contribution is 0.154. The summed E-state index contributed by atoms with van der Waals surface area (Å²) in [6, 6.07) is 9.24. The van der Waals surface area contributed by atoms with Crippen molar-refractivity contribution >= 4 is 38.8 Å². The number of nitriles is 2. The second-order valence-electron chi connectivity index (χ2n) is 12.1. The van der Waals surface area contributed by atoms with Gasteiger partial charge >= 0.3 is 0 Å². The summed E-state index contributed by atoms with van der Waals surface area (Å²) in [4.78, 5) is 14.3. The van der Waals surface area contributed by atoms with Crippen LogP contribution in [0.4, 0.5) is 23.3 Å². The largest absolute Gasteiger partial charge is 0.366 e. The highest BCUT2D eigenvalue weighted by Gasteiger charge is 2.36. The van der Waals surface area contributed by atoms with Gasteiger partial charge in [-0.15, -0.1) is 0 Å². The van der Waals surface area contributed by atoms with E-state index in [0.29, 0.717) is 59.5 Å². The van der Waals surface area contributed by atoms with Crippen molar-refractivity contribution in [1.82, 2.24) is 24.5 Å². The molecule has 1 aromatic carbocycles. The minimum absolute atomic E-state index is 0.198. The molecule has 0 spiro atoms. The van der Waals surface area contributed by atoms with E-state index < -0.39 is 9.84 Å². The molecule has 2 aliphatic heterocycles. The highest BCUT2D eigenvalue weighted by Crippen LogP contribution is 2.49. The predicted molar refractivity (Wildman–Crippen MR) is 159 cm³/mol. The minimum Gasteiger partial charge on any atom is -0.366 e. The molecule has 2 N–H and O–H groups in total. The standard InChI is InChI=1S/C29H34N10O2S/c1-18-17-37(23-6-10-42(40,41)11-7-23)8-9-38(18)25-13-19(14-30)12-24(26(25)20-2-3-20)34-28-35-27-21(15-31)16-32-39(27)29(36-28)33-22-4-5-22/h12-13,16,18,20,22-23H,2-11,17H2,1H3,(H2,33,34,35,36)/t18-/m0/s1. The van der Waals surface area contributed by atoms with Crippen molar-refractivity contribution in [3.63, 3.8) is 0 Å². The summed E-state index contributed by atoms with van der Waals surface area (Å²) in [6.07, 6.45) is 7.18. The smallest absolute Gasteiger partial charge is 0.232 e. The average molecular weight is 587 g/mol. The molecule has 7 rings (SSSR count). The van der Waals surface area contributed by atoms with Gasteiger partial charge in [0.25, 0.3) is 0 Å². The van der Waals surface area contributed by atoms with Gasteiger partial charge < -0.3 is 15.5 Å². The quantitative estimate of drug-likeness (QED) is 0.419. The Morgan fingerprint density at radius 3 is 2.45 bits per heavy atom. The molecule has 4 fully saturated rings. The summed E-state index contributed by atoms with van der Waals surface area (Å²) >= 11 is 0. The van der Waals surface area contributed by atoms with Gasteiger partial charge in [0.15, 0.2) is 5.65 Å². The molecular weight excluding hydrogens is 552 g/mol. The van der Waals surface area contributed by atoms with Gasteiger partial charge in [0.2, 0.25) is 11.9 Å². The van der Waals surface area contributed by atoms with E-state index in [-0.39, 0.29) is 17.5 Å². The molecule has 0 unspecified atom stereocenters. The van der Waals surface area contributed by atoms with Crippen LogP contribution < -0.4 is 15.5 Å². The molecule has 2 saturated heterocycles. The number of rotatable bonds is 7. The second kappa shape index (κ2) is 10.4. The summed E-state index contributed by atoms with van der Waals surface area (Å²) < 4.78 is 25.5. The van der Waals surface area contributed by atoms with Crippen LogP contribution in [-0.4, -0.2) is 82.2 Å². The molecule has 218 valence electrons. The van der Waals surface area contributed by atoms with Crippen LogP contribution >= 0.6 is 0 Å². The monoisotopic (exact) mass is 586 g/mol. The zero-order valence-corrected chi connectivity index (χ0v) is 24.4. The van der Waals surface area contributed by atoms with E-state index >= 15 is 0 Å². The van der Waals surface area contributed by atoms with Crippen molar-refractivity contribution in [2.24, 2.45) is 0 Å². The Balaban J connectivity index is 1.21. The molecule has 4 heterocycles. The summed E-state index contributed by atoms with van der Waals surface area (Å²) in [5.41, 5.74) is 4.42. The van der Waals surface area contributed by atoms with E-state index in [1.54, 1.807) is 4.52 Å². The fraction of sp³-hybridized carbons (Fsp3) is 0.552. The summed E-state index contributed by atoms with van der Waals surface area (Å²) in [6.45, 7) is 4.72. The van der Waals surface area contributed by atoms with Crippen molar-refractivity contribution < 1.29 is 8.42 Å². The fourth-order valence-corrected chi connectivity index (χ4v) is 7.87. The van der Waals surface area contributed by atoms with Crippen LogP contribution in [0.3, 0.4) is 0 Å². The Labute approximate surface area is 245 Å². The SMILES string of the molecule is C[C@H]1CN(C2CCS(=O)(=O)CC2)CCN1c1cc(C#N)cc(Nc2nc(NC3CC3)n3ncc(C#N)c3n2)c1C1CC1. The van der Waals surface area contributed by atoms with E-state index in [1.807, 2.05) is 12.1 Å². The average Bonchev–Trinajstić information content (AvgIpc) is 3.91. The summed E-state index contributed by atoms with van der Waals surface area (Å²) in [5.74, 6) is 1.82. The lowest BCUT2D eigenvalue weighted by Crippen LogP contribution is -2.56. The number of benzene rings is 1. The van der Waals surface area contributed by atoms with Crippen LogP contribution in [0, 0.1) is 22.7 Å². The molecule has 2 saturated carbocycles. The van der Waals surface area contributed by atoms with Gasteiger partial charge in [-0.05, 0) is 63.5 Å². The first-order chi connectivity index (χ1) is 20.3. The molecule has 0 radical (unpaired) electrons. The summed E-state index contributed by atoms with van der Waals surface area (Å²) in [7, 11) is -2.90. The Kier molecular flexibility index (Phi) is 6.67. The Bertz CT molecular complexity index is 1720. The fourth-order valence-electron chi connectivity index (χ4n) is 6.40. The van der Waals surface area contributed by atoms with Crippen LogP contribution in [0.2, 0.25) is 0 Å². The van der Waals surface area contributed by atoms with Gasteiger partial charge in [-0.3, -0.25) is 4.90 Å². The van der Waals surface area contributed by atoms with Gasteiger partial charge in [-0.1, -0.05) is 0 Å². The third-order valence-corrected chi connectivity index (χ3v) is 10.6. The van der Waals surface area contributed by atoms with E-state index in [9.17, 15) is 18.9 Å². The molecule has 4 aliphatic rings. The van der Waals surface area contributed by atoms with Gasteiger partial charge in [-0.25, -0.2) is 8.42 Å². The van der Waals surface area contributed by atoms with Gasteiger partial charge in [0, 0.05) is 54.7 Å². The Morgan fingerprint density at radius 2 is 1.79 bits per heavy atom. The highest BCUT2D eigenvalue weighted by molar-refractivity contribution is 7.91. The van der Waals surface area contributed by atoms with Crippen LogP contribution in [0.15, 0.2) is 18.3 Å². The van der Waals surface area contributed by atoms with Gasteiger partial charge in [-0.2, -0.15) is 30.1 Å². The maximum Gasteiger partial charge on any atom is 0.232 e. The number of nitrogens with one attached hydrogen (secondary N) is 2. The number of anilines is 4. The van der Waals surface area contributed by atoms with Crippen molar-refractivity contribution in [3.8, 4) is 12.1 Å². The first-order valence-electron chi connectivity index (χ1n) is 14.8. The number of nitrogens with zero attached hydrogens (tertiary/aromatic N) is 8. The molecule has 2 aliphatic carbocycles. The van der Waals surface area contributed by atoms with Crippen molar-refractivity contribution in [2.75, 3.05) is 46.7 Å². The topological polar surface area (TPSA) is 155 Å². The Morgan fingerprint density at radius 1 is 1.00 bits per heavy atom. The van der Waals surface area contributed by atoms with Crippen LogP contribution in [-0.2, 0) is 9.84 Å². The molecule has 2 aromatic heterocycles. The maximum absolute atomic E-state index is 12.0. The van der Waals surface area contributed by atoms with Crippen LogP contribution in [0.5, 0.6) is 0 Å². The third-order valence-electron chi connectivity index (χ3n) is 8.93. The molecule has 1 atom stereocenters. The van der Waals surface area contributed by atoms with E-state index in [0.717, 1.165) is 56.7 Å². The molecule has 13 heteroatoms. The molecule has 3 aromatic rings. The third kappa shape index (κ3) is 5.23. The number of hydrogen-bond acceptors (Lipinski definition) is 11. The number of aromatic nitrogens is 4. The maximum atomic E-state index is 12.0. The number of sulfone groups is 1. The van der Waals surface area contributed by atoms with Crippen molar-refractivity contribution in [2.45, 2.75) is 69.5 Å².